The molecule has 1 unspecified atom stereocenters. The number of nitrogens with one attached hydrogen (secondary N) is 1. The van der Waals surface area contributed by atoms with Crippen LogP contribution in [0.15, 0.2) is 10.6 Å². The van der Waals surface area contributed by atoms with Crippen LogP contribution in [0, 0.1) is 5.41 Å². The van der Waals surface area contributed by atoms with Gasteiger partial charge in [-0.3, -0.25) is 4.79 Å². The summed E-state index contributed by atoms with van der Waals surface area (Å²) in [6, 6.07) is 2.14. The molecule has 1 rings (SSSR count). The standard InChI is InChI=1S/C18H33N3O2/c1-7-15-12-16(20-23-15)17(22)19-13-18(8-2,9-3)14(6)21(10-4)11-5/h12,14H,7-11,13H2,1-6H3,(H,19,22). The van der Waals surface area contributed by atoms with Crippen LogP contribution in [0.2, 0.25) is 0 Å². The van der Waals surface area contributed by atoms with Gasteiger partial charge in [0.2, 0.25) is 0 Å². The number of carbonyl (C=O) groups excluding carboxylic acids is 1. The molecule has 0 saturated heterocycles. The molecule has 0 spiro atoms. The Bertz CT molecular complexity index is 476. The van der Waals surface area contributed by atoms with Gasteiger partial charge in [0.25, 0.3) is 5.91 Å². The first kappa shape index (κ1) is 19.7. The first-order valence-electron chi connectivity index (χ1n) is 8.95. The first-order chi connectivity index (χ1) is 11.0. The van der Waals surface area contributed by atoms with Crippen LogP contribution >= 0.6 is 0 Å². The number of aromatic nitrogens is 1. The fourth-order valence-electron chi connectivity index (χ4n) is 3.33. The highest BCUT2D eigenvalue weighted by atomic mass is 16.5. The van der Waals surface area contributed by atoms with Crippen molar-refractivity contribution in [2.75, 3.05) is 19.6 Å². The minimum absolute atomic E-state index is 0.0685. The van der Waals surface area contributed by atoms with E-state index in [0.717, 1.165) is 38.1 Å². The van der Waals surface area contributed by atoms with Crippen LogP contribution in [-0.4, -0.2) is 41.6 Å². The molecule has 1 amide bonds. The van der Waals surface area contributed by atoms with Crippen molar-refractivity contribution in [3.8, 4) is 0 Å². The Labute approximate surface area is 140 Å². The molecule has 0 bridgehead atoms. The molecule has 0 aliphatic rings. The maximum Gasteiger partial charge on any atom is 0.273 e. The Balaban J connectivity index is 2.80. The van der Waals surface area contributed by atoms with Gasteiger partial charge in [-0.2, -0.15) is 0 Å². The summed E-state index contributed by atoms with van der Waals surface area (Å²) in [4.78, 5) is 14.8. The van der Waals surface area contributed by atoms with Crippen LogP contribution in [0.5, 0.6) is 0 Å². The molecule has 1 N–H and O–H groups in total. The van der Waals surface area contributed by atoms with E-state index in [1.807, 2.05) is 6.92 Å². The van der Waals surface area contributed by atoms with E-state index in [0.29, 0.717) is 18.3 Å². The molecule has 5 nitrogen and oxygen atoms in total. The van der Waals surface area contributed by atoms with Crippen molar-refractivity contribution < 1.29 is 9.32 Å². The zero-order valence-electron chi connectivity index (χ0n) is 15.6. The molecule has 0 aromatic carbocycles. The van der Waals surface area contributed by atoms with E-state index in [4.69, 9.17) is 4.52 Å². The molecule has 132 valence electrons. The summed E-state index contributed by atoms with van der Waals surface area (Å²) in [5.74, 6) is 0.593. The van der Waals surface area contributed by atoms with Crippen molar-refractivity contribution in [3.63, 3.8) is 0 Å². The van der Waals surface area contributed by atoms with Gasteiger partial charge < -0.3 is 14.7 Å². The maximum atomic E-state index is 12.3. The van der Waals surface area contributed by atoms with Crippen molar-refractivity contribution in [2.45, 2.75) is 66.8 Å². The molecule has 0 radical (unpaired) electrons. The summed E-state index contributed by atoms with van der Waals surface area (Å²) in [6.45, 7) is 15.8. The number of aryl methyl sites for hydroxylation is 1. The van der Waals surface area contributed by atoms with Gasteiger partial charge in [-0.05, 0) is 32.9 Å². The Morgan fingerprint density at radius 1 is 1.26 bits per heavy atom. The van der Waals surface area contributed by atoms with E-state index >= 15 is 0 Å². The number of hydrogen-bond donors (Lipinski definition) is 1. The van der Waals surface area contributed by atoms with Crippen LogP contribution in [0.1, 0.15) is 70.6 Å². The smallest absolute Gasteiger partial charge is 0.273 e. The summed E-state index contributed by atoms with van der Waals surface area (Å²) >= 11 is 0. The predicted octanol–water partition coefficient (Wildman–Crippen LogP) is 3.50. The fourth-order valence-corrected chi connectivity index (χ4v) is 3.33. The third-order valence-electron chi connectivity index (χ3n) is 5.40. The molecular formula is C18H33N3O2. The van der Waals surface area contributed by atoms with Gasteiger partial charge in [-0.25, -0.2) is 0 Å². The lowest BCUT2D eigenvalue weighted by atomic mass is 9.75. The summed E-state index contributed by atoms with van der Waals surface area (Å²) in [6.07, 6.45) is 2.80. The zero-order valence-corrected chi connectivity index (χ0v) is 15.6. The number of nitrogens with zero attached hydrogens (tertiary/aromatic N) is 2. The molecule has 5 heteroatoms. The number of rotatable bonds is 10. The predicted molar refractivity (Wildman–Crippen MR) is 93.6 cm³/mol. The van der Waals surface area contributed by atoms with E-state index < -0.39 is 0 Å². The quantitative estimate of drug-likeness (QED) is 0.716. The minimum Gasteiger partial charge on any atom is -0.361 e. The Kier molecular flexibility index (Phi) is 7.76. The normalized spacial score (nSPS) is 13.3. The average Bonchev–Trinajstić information content (AvgIpc) is 3.06. The van der Waals surface area contributed by atoms with Crippen molar-refractivity contribution in [2.24, 2.45) is 5.41 Å². The second kappa shape index (κ2) is 9.06. The Morgan fingerprint density at radius 2 is 1.87 bits per heavy atom. The largest absolute Gasteiger partial charge is 0.361 e. The van der Waals surface area contributed by atoms with E-state index in [1.165, 1.54) is 0 Å². The van der Waals surface area contributed by atoms with Gasteiger partial charge in [0.1, 0.15) is 5.76 Å². The molecule has 1 aromatic heterocycles. The van der Waals surface area contributed by atoms with Gasteiger partial charge in [-0.15, -0.1) is 0 Å². The van der Waals surface area contributed by atoms with Crippen molar-refractivity contribution >= 4 is 5.91 Å². The number of hydrogen-bond acceptors (Lipinski definition) is 4. The molecule has 0 aliphatic carbocycles. The van der Waals surface area contributed by atoms with Crippen molar-refractivity contribution in [3.05, 3.63) is 17.5 Å². The third kappa shape index (κ3) is 4.56. The van der Waals surface area contributed by atoms with Crippen molar-refractivity contribution in [1.82, 2.24) is 15.4 Å². The lowest BCUT2D eigenvalue weighted by molar-refractivity contribution is 0.0654. The van der Waals surface area contributed by atoms with Gasteiger partial charge in [0, 0.05) is 30.5 Å². The second-order valence-corrected chi connectivity index (χ2v) is 6.18. The highest BCUT2D eigenvalue weighted by molar-refractivity contribution is 5.92. The fraction of sp³-hybridized carbons (Fsp3) is 0.778. The number of carbonyl (C=O) groups is 1. The summed E-state index contributed by atoms with van der Waals surface area (Å²) in [7, 11) is 0. The summed E-state index contributed by atoms with van der Waals surface area (Å²) in [5, 5.41) is 6.93. The minimum atomic E-state index is -0.147. The highest BCUT2D eigenvalue weighted by Gasteiger charge is 2.36. The zero-order chi connectivity index (χ0) is 17.5. The Hall–Kier alpha value is -1.36. The lowest BCUT2D eigenvalue weighted by Gasteiger charge is -2.43. The van der Waals surface area contributed by atoms with Crippen LogP contribution in [0.3, 0.4) is 0 Å². The summed E-state index contributed by atoms with van der Waals surface area (Å²) < 4.78 is 5.12. The van der Waals surface area contributed by atoms with E-state index in [1.54, 1.807) is 6.07 Å². The Morgan fingerprint density at radius 3 is 2.30 bits per heavy atom. The van der Waals surface area contributed by atoms with E-state index in [-0.39, 0.29) is 11.3 Å². The molecule has 1 aromatic rings. The molecule has 0 aliphatic heterocycles. The van der Waals surface area contributed by atoms with Gasteiger partial charge >= 0.3 is 0 Å². The van der Waals surface area contributed by atoms with E-state index in [2.05, 4.69) is 50.0 Å². The molecule has 1 atom stereocenters. The maximum absolute atomic E-state index is 12.3. The highest BCUT2D eigenvalue weighted by Crippen LogP contribution is 2.33. The summed E-state index contributed by atoms with van der Waals surface area (Å²) in [5.41, 5.74) is 0.442. The monoisotopic (exact) mass is 323 g/mol. The molecular weight excluding hydrogens is 290 g/mol. The van der Waals surface area contributed by atoms with Crippen LogP contribution in [0.4, 0.5) is 0 Å². The van der Waals surface area contributed by atoms with Crippen LogP contribution in [0.25, 0.3) is 0 Å². The van der Waals surface area contributed by atoms with Gasteiger partial charge in [0.15, 0.2) is 5.69 Å². The van der Waals surface area contributed by atoms with Crippen molar-refractivity contribution in [1.29, 1.82) is 0 Å². The van der Waals surface area contributed by atoms with Gasteiger partial charge in [-0.1, -0.05) is 39.8 Å². The van der Waals surface area contributed by atoms with Crippen LogP contribution < -0.4 is 5.32 Å². The van der Waals surface area contributed by atoms with E-state index in [9.17, 15) is 4.79 Å². The average molecular weight is 323 g/mol. The van der Waals surface area contributed by atoms with Gasteiger partial charge in [0.05, 0.1) is 0 Å². The number of amides is 1. The first-order valence-corrected chi connectivity index (χ1v) is 8.95. The molecule has 23 heavy (non-hydrogen) atoms. The SMILES string of the molecule is CCc1cc(C(=O)NCC(CC)(CC)C(C)N(CC)CC)no1. The second-order valence-electron chi connectivity index (χ2n) is 6.18. The molecule has 1 heterocycles. The lowest BCUT2D eigenvalue weighted by Crippen LogP contribution is -2.51. The topological polar surface area (TPSA) is 58.4 Å². The van der Waals surface area contributed by atoms with Crippen LogP contribution in [-0.2, 0) is 6.42 Å². The molecule has 0 fully saturated rings. The molecule has 0 saturated carbocycles. The third-order valence-corrected chi connectivity index (χ3v) is 5.40.